The first kappa shape index (κ1) is 24.5. The number of hydrogen-bond donors (Lipinski definition) is 1. The fourth-order valence-corrected chi connectivity index (χ4v) is 4.94. The van der Waals surface area contributed by atoms with Gasteiger partial charge in [-0.05, 0) is 30.9 Å². The molecule has 4 nitrogen and oxygen atoms in total. The van der Waals surface area contributed by atoms with E-state index in [0.29, 0.717) is 0 Å². The smallest absolute Gasteiger partial charge is 0.321 e. The van der Waals surface area contributed by atoms with Crippen LogP contribution in [0.1, 0.15) is 94.4 Å². The monoisotopic (exact) mass is 430 g/mol. The van der Waals surface area contributed by atoms with Gasteiger partial charge in [-0.1, -0.05) is 101 Å². The molecule has 1 aromatic heterocycles. The van der Waals surface area contributed by atoms with Crippen LogP contribution in [0.25, 0.3) is 0 Å². The van der Waals surface area contributed by atoms with Crippen LogP contribution < -0.4 is 0 Å². The first-order chi connectivity index (χ1) is 14.7. The molecular weight excluding hydrogens is 392 g/mol. The minimum absolute atomic E-state index is 0.628. The molecule has 1 unspecified atom stereocenters. The minimum atomic E-state index is -0.804. The van der Waals surface area contributed by atoms with Crippen molar-refractivity contribution < 1.29 is 9.90 Å². The van der Waals surface area contributed by atoms with Crippen LogP contribution in [0.5, 0.6) is 0 Å². The summed E-state index contributed by atoms with van der Waals surface area (Å²) in [6.07, 6.45) is 17.7. The van der Waals surface area contributed by atoms with Crippen molar-refractivity contribution in [2.45, 2.75) is 101 Å². The molecule has 1 aromatic carbocycles. The molecule has 0 spiro atoms. The fourth-order valence-electron chi connectivity index (χ4n) is 3.83. The second-order valence-corrected chi connectivity index (χ2v) is 9.04. The van der Waals surface area contributed by atoms with Gasteiger partial charge in [-0.25, -0.2) is 4.98 Å². The third-order valence-corrected chi connectivity index (χ3v) is 6.84. The number of carboxylic acids is 1. The topological polar surface area (TPSA) is 55.1 Å². The maximum absolute atomic E-state index is 12.1. The van der Waals surface area contributed by atoms with Crippen molar-refractivity contribution in [3.05, 3.63) is 47.8 Å². The number of rotatable bonds is 16. The van der Waals surface area contributed by atoms with Gasteiger partial charge in [0.15, 0.2) is 5.16 Å². The molecule has 0 aliphatic heterocycles. The Morgan fingerprint density at radius 1 is 1.00 bits per heavy atom. The molecule has 0 aliphatic carbocycles. The lowest BCUT2D eigenvalue weighted by atomic mass is 9.98. The van der Waals surface area contributed by atoms with Crippen LogP contribution in [0.15, 0.2) is 41.8 Å². The lowest BCUT2D eigenvalue weighted by molar-refractivity contribution is -0.136. The van der Waals surface area contributed by atoms with Crippen LogP contribution in [0.4, 0.5) is 0 Å². The molecule has 0 bridgehead atoms. The van der Waals surface area contributed by atoms with Crippen LogP contribution >= 0.6 is 11.8 Å². The quantitative estimate of drug-likeness (QED) is 0.224. The van der Waals surface area contributed by atoms with Crippen molar-refractivity contribution in [2.75, 3.05) is 0 Å². The number of aliphatic carboxylic acids is 1. The molecule has 1 N–H and O–H groups in total. The van der Waals surface area contributed by atoms with Gasteiger partial charge in [-0.3, -0.25) is 4.79 Å². The van der Waals surface area contributed by atoms with E-state index in [1.807, 2.05) is 35.9 Å². The van der Waals surface area contributed by atoms with Gasteiger partial charge >= 0.3 is 5.97 Å². The van der Waals surface area contributed by atoms with E-state index in [0.717, 1.165) is 35.7 Å². The second kappa shape index (κ2) is 14.3. The average Bonchev–Trinajstić information content (AvgIpc) is 3.21. The Bertz CT molecular complexity index is 744. The Hall–Kier alpha value is -1.75. The lowest BCUT2D eigenvalue weighted by Gasteiger charge is -2.17. The summed E-state index contributed by atoms with van der Waals surface area (Å²) in [5, 5.41) is 10.0. The van der Waals surface area contributed by atoms with Crippen LogP contribution in [-0.2, 0) is 17.8 Å². The van der Waals surface area contributed by atoms with E-state index in [9.17, 15) is 9.90 Å². The predicted molar refractivity (Wildman–Crippen MR) is 126 cm³/mol. The molecule has 0 saturated carbocycles. The molecule has 5 heteroatoms. The van der Waals surface area contributed by atoms with E-state index >= 15 is 0 Å². The van der Waals surface area contributed by atoms with Gasteiger partial charge < -0.3 is 9.67 Å². The number of nitrogens with zero attached hydrogens (tertiary/aromatic N) is 2. The molecule has 2 aromatic rings. The van der Waals surface area contributed by atoms with Crippen LogP contribution in [0, 0.1) is 0 Å². The third kappa shape index (κ3) is 8.17. The summed E-state index contributed by atoms with van der Waals surface area (Å²) in [6, 6.07) is 8.02. The minimum Gasteiger partial charge on any atom is -0.480 e. The Morgan fingerprint density at radius 2 is 1.63 bits per heavy atom. The summed E-state index contributed by atoms with van der Waals surface area (Å²) in [4.78, 5) is 16.4. The molecule has 0 fully saturated rings. The van der Waals surface area contributed by atoms with Gasteiger partial charge in [0.2, 0.25) is 0 Å². The second-order valence-electron chi connectivity index (χ2n) is 7.96. The van der Waals surface area contributed by atoms with Crippen molar-refractivity contribution in [3.8, 4) is 0 Å². The molecule has 0 radical (unpaired) electrons. The van der Waals surface area contributed by atoms with E-state index < -0.39 is 11.2 Å². The van der Waals surface area contributed by atoms with Crippen LogP contribution in [0.3, 0.4) is 0 Å². The molecule has 1 atom stereocenters. The van der Waals surface area contributed by atoms with Gasteiger partial charge in [-0.2, -0.15) is 0 Å². The van der Waals surface area contributed by atoms with Crippen molar-refractivity contribution >= 4 is 17.7 Å². The Kier molecular flexibility index (Phi) is 11.7. The SMILES string of the molecule is CCCCCCCCCCCCc1ccccc1C(Sc1nccn1CC)C(=O)O. The Balaban J connectivity index is 1.84. The van der Waals surface area contributed by atoms with Gasteiger partial charge in [-0.15, -0.1) is 0 Å². The van der Waals surface area contributed by atoms with E-state index in [2.05, 4.69) is 18.0 Å². The molecule has 1 heterocycles. The van der Waals surface area contributed by atoms with Gasteiger partial charge in [0.05, 0.1) is 0 Å². The number of carboxylic acid groups (broad SMARTS) is 1. The van der Waals surface area contributed by atoms with E-state index in [1.165, 1.54) is 69.5 Å². The van der Waals surface area contributed by atoms with Gasteiger partial charge in [0, 0.05) is 18.9 Å². The Labute approximate surface area is 186 Å². The highest BCUT2D eigenvalue weighted by Crippen LogP contribution is 2.36. The zero-order chi connectivity index (χ0) is 21.6. The normalized spacial score (nSPS) is 12.2. The highest BCUT2D eigenvalue weighted by molar-refractivity contribution is 8.00. The van der Waals surface area contributed by atoms with Gasteiger partial charge in [0.1, 0.15) is 5.25 Å². The standard InChI is InChI=1S/C25H38N2O2S/c1-3-5-6-7-8-9-10-11-12-13-16-21-17-14-15-18-22(21)23(24(28)29)30-25-26-19-20-27(25)4-2/h14-15,17-20,23H,3-13,16H2,1-2H3,(H,28,29). The number of imidazole rings is 1. The maximum Gasteiger partial charge on any atom is 0.321 e. The van der Waals surface area contributed by atoms with Crippen molar-refractivity contribution in [1.29, 1.82) is 0 Å². The van der Waals surface area contributed by atoms with E-state index in [4.69, 9.17) is 0 Å². The number of hydrogen-bond acceptors (Lipinski definition) is 3. The fraction of sp³-hybridized carbons (Fsp3) is 0.600. The molecular formula is C25H38N2O2S. The summed E-state index contributed by atoms with van der Waals surface area (Å²) in [7, 11) is 0. The highest BCUT2D eigenvalue weighted by Gasteiger charge is 2.25. The number of aromatic nitrogens is 2. The summed E-state index contributed by atoms with van der Waals surface area (Å²) in [6.45, 7) is 5.09. The zero-order valence-corrected chi connectivity index (χ0v) is 19.5. The number of aryl methyl sites for hydroxylation is 2. The zero-order valence-electron chi connectivity index (χ0n) is 18.7. The molecule has 166 valence electrons. The van der Waals surface area contributed by atoms with E-state index in [1.54, 1.807) is 6.20 Å². The largest absolute Gasteiger partial charge is 0.480 e. The third-order valence-electron chi connectivity index (χ3n) is 5.60. The highest BCUT2D eigenvalue weighted by atomic mass is 32.2. The Morgan fingerprint density at radius 3 is 2.27 bits per heavy atom. The van der Waals surface area contributed by atoms with Crippen LogP contribution in [0.2, 0.25) is 0 Å². The van der Waals surface area contributed by atoms with Crippen molar-refractivity contribution in [1.82, 2.24) is 9.55 Å². The predicted octanol–water partition coefficient (Wildman–Crippen LogP) is 7.28. The summed E-state index contributed by atoms with van der Waals surface area (Å²) >= 11 is 1.33. The average molecular weight is 431 g/mol. The molecule has 0 aliphatic rings. The maximum atomic E-state index is 12.1. The van der Waals surface area contributed by atoms with Gasteiger partial charge in [0.25, 0.3) is 0 Å². The molecule has 0 saturated heterocycles. The first-order valence-corrected chi connectivity index (χ1v) is 12.5. The number of benzene rings is 1. The van der Waals surface area contributed by atoms with Crippen LogP contribution in [-0.4, -0.2) is 20.6 Å². The van der Waals surface area contributed by atoms with Crippen molar-refractivity contribution in [3.63, 3.8) is 0 Å². The summed E-state index contributed by atoms with van der Waals surface area (Å²) in [5.41, 5.74) is 2.07. The van der Waals surface area contributed by atoms with Crippen molar-refractivity contribution in [2.24, 2.45) is 0 Å². The number of carbonyl (C=O) groups is 1. The number of thioether (sulfide) groups is 1. The molecule has 0 amide bonds. The summed E-state index contributed by atoms with van der Waals surface area (Å²) < 4.78 is 1.99. The number of unbranched alkanes of at least 4 members (excludes halogenated alkanes) is 9. The van der Waals surface area contributed by atoms with E-state index in [-0.39, 0.29) is 0 Å². The molecule has 30 heavy (non-hydrogen) atoms. The summed E-state index contributed by atoms with van der Waals surface area (Å²) in [5.74, 6) is -0.804. The lowest BCUT2D eigenvalue weighted by Crippen LogP contribution is -2.12. The first-order valence-electron chi connectivity index (χ1n) is 11.7. The molecule has 2 rings (SSSR count).